The third kappa shape index (κ3) is 3.07. The minimum absolute atomic E-state index is 1.05. The van der Waals surface area contributed by atoms with Crippen LogP contribution in [-0.4, -0.2) is 4.57 Å². The summed E-state index contributed by atoms with van der Waals surface area (Å²) in [6.45, 7) is 8.51. The SMILES string of the molecule is Cc1cccc(C#Cc2cccc(C)c2-n2c(C)ccc2C)c1. The van der Waals surface area contributed by atoms with Crippen LogP contribution in [0.5, 0.6) is 0 Å². The summed E-state index contributed by atoms with van der Waals surface area (Å²) in [5.74, 6) is 6.68. The van der Waals surface area contributed by atoms with Crippen LogP contribution in [-0.2, 0) is 0 Å². The van der Waals surface area contributed by atoms with E-state index >= 15 is 0 Å². The Morgan fingerprint density at radius 3 is 2.13 bits per heavy atom. The summed E-state index contributed by atoms with van der Waals surface area (Å²) in [6.07, 6.45) is 0. The molecule has 0 atom stereocenters. The topological polar surface area (TPSA) is 4.93 Å². The van der Waals surface area contributed by atoms with Gasteiger partial charge in [0.05, 0.1) is 5.69 Å². The predicted molar refractivity (Wildman–Crippen MR) is 97.1 cm³/mol. The highest BCUT2D eigenvalue weighted by Gasteiger charge is 2.10. The molecule has 1 heterocycles. The Kier molecular flexibility index (Phi) is 4.08. The molecule has 1 heteroatoms. The molecule has 0 fully saturated rings. The molecule has 0 saturated heterocycles. The van der Waals surface area contributed by atoms with Gasteiger partial charge in [0.1, 0.15) is 0 Å². The van der Waals surface area contributed by atoms with Gasteiger partial charge in [0.15, 0.2) is 0 Å². The zero-order valence-corrected chi connectivity index (χ0v) is 14.1. The molecule has 0 amide bonds. The van der Waals surface area contributed by atoms with Crippen LogP contribution >= 0.6 is 0 Å². The Labute approximate surface area is 138 Å². The highest BCUT2D eigenvalue weighted by atomic mass is 15.0. The van der Waals surface area contributed by atoms with Gasteiger partial charge in [-0.05, 0) is 69.2 Å². The molecule has 0 radical (unpaired) electrons. The first-order valence-corrected chi connectivity index (χ1v) is 7.90. The number of hydrogen-bond acceptors (Lipinski definition) is 0. The largest absolute Gasteiger partial charge is 0.317 e. The van der Waals surface area contributed by atoms with E-state index < -0.39 is 0 Å². The molecule has 0 aliphatic heterocycles. The van der Waals surface area contributed by atoms with E-state index in [1.165, 1.54) is 28.2 Å². The summed E-state index contributed by atoms with van der Waals surface area (Å²) in [7, 11) is 0. The average molecular weight is 299 g/mol. The number of para-hydroxylation sites is 1. The van der Waals surface area contributed by atoms with Gasteiger partial charge in [-0.1, -0.05) is 36.1 Å². The fourth-order valence-electron chi connectivity index (χ4n) is 2.94. The van der Waals surface area contributed by atoms with Gasteiger partial charge in [-0.15, -0.1) is 0 Å². The van der Waals surface area contributed by atoms with Crippen molar-refractivity contribution in [2.75, 3.05) is 0 Å². The minimum Gasteiger partial charge on any atom is -0.317 e. The summed E-state index contributed by atoms with van der Waals surface area (Å²) in [5, 5.41) is 0. The highest BCUT2D eigenvalue weighted by Crippen LogP contribution is 2.23. The van der Waals surface area contributed by atoms with Crippen molar-refractivity contribution in [3.63, 3.8) is 0 Å². The van der Waals surface area contributed by atoms with E-state index in [0.29, 0.717) is 0 Å². The third-order valence-electron chi connectivity index (χ3n) is 4.09. The van der Waals surface area contributed by atoms with Crippen LogP contribution in [0.3, 0.4) is 0 Å². The fourth-order valence-corrected chi connectivity index (χ4v) is 2.94. The van der Waals surface area contributed by atoms with E-state index in [1.54, 1.807) is 0 Å². The van der Waals surface area contributed by atoms with Gasteiger partial charge >= 0.3 is 0 Å². The van der Waals surface area contributed by atoms with Crippen molar-refractivity contribution in [3.05, 3.63) is 88.2 Å². The lowest BCUT2D eigenvalue weighted by atomic mass is 10.1. The highest BCUT2D eigenvalue weighted by molar-refractivity contribution is 5.58. The number of aromatic nitrogens is 1. The molecule has 0 saturated carbocycles. The maximum absolute atomic E-state index is 3.37. The second-order valence-corrected chi connectivity index (χ2v) is 6.04. The van der Waals surface area contributed by atoms with Crippen molar-refractivity contribution in [1.29, 1.82) is 0 Å². The van der Waals surface area contributed by atoms with Gasteiger partial charge in [-0.25, -0.2) is 0 Å². The lowest BCUT2D eigenvalue weighted by Gasteiger charge is -2.14. The first-order chi connectivity index (χ1) is 11.1. The molecular weight excluding hydrogens is 278 g/mol. The first-order valence-electron chi connectivity index (χ1n) is 7.90. The Morgan fingerprint density at radius 2 is 1.43 bits per heavy atom. The second kappa shape index (κ2) is 6.18. The summed E-state index contributed by atoms with van der Waals surface area (Å²) in [6, 6.07) is 18.9. The van der Waals surface area contributed by atoms with Crippen molar-refractivity contribution in [3.8, 4) is 17.5 Å². The van der Waals surface area contributed by atoms with Crippen LogP contribution < -0.4 is 0 Å². The monoisotopic (exact) mass is 299 g/mol. The van der Waals surface area contributed by atoms with Crippen molar-refractivity contribution in [2.45, 2.75) is 27.7 Å². The molecule has 23 heavy (non-hydrogen) atoms. The van der Waals surface area contributed by atoms with Crippen molar-refractivity contribution < 1.29 is 0 Å². The number of aryl methyl sites for hydroxylation is 4. The summed E-state index contributed by atoms with van der Waals surface area (Å²) in [5.41, 5.74) is 8.24. The Hall–Kier alpha value is -2.72. The Bertz CT molecular complexity index is 897. The molecule has 0 unspecified atom stereocenters. The lowest BCUT2D eigenvalue weighted by Crippen LogP contribution is -2.04. The zero-order valence-electron chi connectivity index (χ0n) is 14.1. The molecule has 0 N–H and O–H groups in total. The number of hydrogen-bond donors (Lipinski definition) is 0. The maximum atomic E-state index is 3.37. The van der Waals surface area contributed by atoms with E-state index in [2.05, 4.69) is 98.7 Å². The van der Waals surface area contributed by atoms with Gasteiger partial charge in [-0.3, -0.25) is 0 Å². The number of nitrogens with zero attached hydrogens (tertiary/aromatic N) is 1. The van der Waals surface area contributed by atoms with E-state index in [4.69, 9.17) is 0 Å². The quantitative estimate of drug-likeness (QED) is 0.550. The van der Waals surface area contributed by atoms with Gasteiger partial charge in [0, 0.05) is 22.5 Å². The van der Waals surface area contributed by atoms with Crippen LogP contribution in [0.1, 0.15) is 33.6 Å². The standard InChI is InChI=1S/C22H21N/c1-16-7-5-9-20(15-16)13-14-21-10-6-8-17(2)22(21)23-18(3)11-12-19(23)4/h5-12,15H,1-4H3. The van der Waals surface area contributed by atoms with E-state index in [9.17, 15) is 0 Å². The maximum Gasteiger partial charge on any atom is 0.0640 e. The molecule has 1 aromatic heterocycles. The average Bonchev–Trinajstić information content (AvgIpc) is 2.85. The van der Waals surface area contributed by atoms with Crippen LogP contribution in [0.15, 0.2) is 54.6 Å². The Balaban J connectivity index is 2.14. The van der Waals surface area contributed by atoms with E-state index in [0.717, 1.165) is 11.1 Å². The van der Waals surface area contributed by atoms with Gasteiger partial charge in [0.2, 0.25) is 0 Å². The van der Waals surface area contributed by atoms with Gasteiger partial charge in [0.25, 0.3) is 0 Å². The number of benzene rings is 2. The van der Waals surface area contributed by atoms with Gasteiger partial charge in [-0.2, -0.15) is 0 Å². The van der Waals surface area contributed by atoms with Crippen molar-refractivity contribution in [2.24, 2.45) is 0 Å². The number of rotatable bonds is 1. The van der Waals surface area contributed by atoms with Gasteiger partial charge < -0.3 is 4.57 Å². The molecule has 3 rings (SSSR count). The Morgan fingerprint density at radius 1 is 0.739 bits per heavy atom. The summed E-state index contributed by atoms with van der Waals surface area (Å²) < 4.78 is 2.29. The first kappa shape index (κ1) is 15.2. The van der Waals surface area contributed by atoms with E-state index in [-0.39, 0.29) is 0 Å². The molecule has 114 valence electrons. The van der Waals surface area contributed by atoms with Crippen molar-refractivity contribution >= 4 is 0 Å². The minimum atomic E-state index is 1.05. The summed E-state index contributed by atoms with van der Waals surface area (Å²) in [4.78, 5) is 0. The molecule has 0 spiro atoms. The van der Waals surface area contributed by atoms with Crippen LogP contribution in [0.25, 0.3) is 5.69 Å². The van der Waals surface area contributed by atoms with Crippen LogP contribution in [0.4, 0.5) is 0 Å². The molecule has 3 aromatic rings. The molecule has 0 bridgehead atoms. The fraction of sp³-hybridized carbons (Fsp3) is 0.182. The molecule has 0 aliphatic carbocycles. The zero-order chi connectivity index (χ0) is 16.4. The molecule has 1 nitrogen and oxygen atoms in total. The van der Waals surface area contributed by atoms with Crippen molar-refractivity contribution in [1.82, 2.24) is 4.57 Å². The molecular formula is C22H21N. The smallest absolute Gasteiger partial charge is 0.0640 e. The molecule has 0 aliphatic rings. The second-order valence-electron chi connectivity index (χ2n) is 6.04. The van der Waals surface area contributed by atoms with E-state index in [1.807, 2.05) is 0 Å². The normalized spacial score (nSPS) is 10.3. The van der Waals surface area contributed by atoms with Crippen LogP contribution in [0, 0.1) is 39.5 Å². The predicted octanol–water partition coefficient (Wildman–Crippen LogP) is 5.11. The lowest BCUT2D eigenvalue weighted by molar-refractivity contribution is 0.951. The van der Waals surface area contributed by atoms with Crippen LogP contribution in [0.2, 0.25) is 0 Å². The third-order valence-corrected chi connectivity index (χ3v) is 4.09. The summed E-state index contributed by atoms with van der Waals surface area (Å²) >= 11 is 0. The molecule has 2 aromatic carbocycles.